The minimum absolute atomic E-state index is 0.144. The molecule has 0 aromatic rings. The second-order valence-corrected chi connectivity index (χ2v) is 5.42. The summed E-state index contributed by atoms with van der Waals surface area (Å²) in [4.78, 5) is 11.2. The average molecular weight is 198 g/mol. The molecule has 1 aliphatic heterocycles. The molecule has 2 saturated carbocycles. The van der Waals surface area contributed by atoms with Gasteiger partial charge in [-0.05, 0) is 30.6 Å². The molecule has 0 N–H and O–H groups in total. The number of fused-ring (bicyclic) bond motifs is 5. The van der Waals surface area contributed by atoms with Crippen molar-refractivity contribution in [2.24, 2.45) is 23.2 Å². The molecule has 5 unspecified atom stereocenters. The van der Waals surface area contributed by atoms with Crippen molar-refractivity contribution in [1.82, 2.24) is 0 Å². The van der Waals surface area contributed by atoms with Gasteiger partial charge in [-0.3, -0.25) is 0 Å². The molecule has 2 aliphatic carbocycles. The van der Waals surface area contributed by atoms with Gasteiger partial charge in [-0.25, -0.2) is 0 Å². The van der Waals surface area contributed by atoms with Crippen LogP contribution in [0, 0.1) is 23.2 Å². The standard InChI is InChI=1S/C10H14O2S/c11-4-10-5-12-3-8(10)6-1-7(10)9(13)2-6/h4,6-9,13H,1-3,5H2. The lowest BCUT2D eigenvalue weighted by Crippen LogP contribution is -2.41. The van der Waals surface area contributed by atoms with Crippen LogP contribution in [0.2, 0.25) is 0 Å². The second-order valence-electron chi connectivity index (χ2n) is 4.76. The van der Waals surface area contributed by atoms with Gasteiger partial charge in [-0.15, -0.1) is 0 Å². The molecule has 5 atom stereocenters. The van der Waals surface area contributed by atoms with Crippen molar-refractivity contribution in [2.75, 3.05) is 13.2 Å². The summed E-state index contributed by atoms with van der Waals surface area (Å²) in [6.45, 7) is 1.46. The molecule has 0 aromatic heterocycles. The lowest BCUT2D eigenvalue weighted by atomic mass is 9.69. The fourth-order valence-electron chi connectivity index (χ4n) is 3.75. The van der Waals surface area contributed by atoms with E-state index in [1.807, 2.05) is 0 Å². The van der Waals surface area contributed by atoms with Crippen molar-refractivity contribution < 1.29 is 9.53 Å². The Bertz CT molecular complexity index is 255. The van der Waals surface area contributed by atoms with Gasteiger partial charge in [0.25, 0.3) is 0 Å². The first-order valence-corrected chi connectivity index (χ1v) is 5.52. The van der Waals surface area contributed by atoms with E-state index < -0.39 is 0 Å². The van der Waals surface area contributed by atoms with Crippen LogP contribution in [-0.2, 0) is 9.53 Å². The molecule has 13 heavy (non-hydrogen) atoms. The highest BCUT2D eigenvalue weighted by molar-refractivity contribution is 7.81. The van der Waals surface area contributed by atoms with Gasteiger partial charge in [0.05, 0.1) is 18.6 Å². The topological polar surface area (TPSA) is 26.3 Å². The number of rotatable bonds is 1. The van der Waals surface area contributed by atoms with E-state index in [4.69, 9.17) is 4.74 Å². The Morgan fingerprint density at radius 3 is 3.00 bits per heavy atom. The van der Waals surface area contributed by atoms with Gasteiger partial charge < -0.3 is 9.53 Å². The van der Waals surface area contributed by atoms with Crippen LogP contribution in [0.1, 0.15) is 12.8 Å². The number of aldehydes is 1. The Hall–Kier alpha value is -0.0200. The highest BCUT2D eigenvalue weighted by Crippen LogP contribution is 2.62. The van der Waals surface area contributed by atoms with Gasteiger partial charge in [0.15, 0.2) is 0 Å². The predicted molar refractivity (Wildman–Crippen MR) is 51.8 cm³/mol. The summed E-state index contributed by atoms with van der Waals surface area (Å²) in [6, 6.07) is 0. The van der Waals surface area contributed by atoms with E-state index in [1.54, 1.807) is 0 Å². The summed E-state index contributed by atoms with van der Waals surface area (Å²) >= 11 is 4.57. The fraction of sp³-hybridized carbons (Fsp3) is 0.900. The predicted octanol–water partition coefficient (Wildman–Crippen LogP) is 1.16. The lowest BCUT2D eigenvalue weighted by molar-refractivity contribution is -0.120. The molecule has 3 aliphatic rings. The summed E-state index contributed by atoms with van der Waals surface area (Å²) in [5.41, 5.74) is -0.144. The van der Waals surface area contributed by atoms with Gasteiger partial charge >= 0.3 is 0 Å². The van der Waals surface area contributed by atoms with E-state index in [0.29, 0.717) is 29.6 Å². The van der Waals surface area contributed by atoms with Crippen molar-refractivity contribution in [3.05, 3.63) is 0 Å². The Kier molecular flexibility index (Phi) is 1.60. The van der Waals surface area contributed by atoms with E-state index in [1.165, 1.54) is 12.8 Å². The summed E-state index contributed by atoms with van der Waals surface area (Å²) < 4.78 is 5.47. The average Bonchev–Trinajstić information content (AvgIpc) is 2.71. The molecule has 0 spiro atoms. The van der Waals surface area contributed by atoms with E-state index >= 15 is 0 Å². The third-order valence-corrected chi connectivity index (χ3v) is 4.95. The molecule has 1 heterocycles. The minimum Gasteiger partial charge on any atom is -0.380 e. The molecule has 3 heteroatoms. The zero-order valence-electron chi connectivity index (χ0n) is 7.48. The van der Waals surface area contributed by atoms with Gasteiger partial charge in [-0.1, -0.05) is 0 Å². The summed E-state index contributed by atoms with van der Waals surface area (Å²) in [6.07, 6.45) is 3.57. The van der Waals surface area contributed by atoms with Gasteiger partial charge in [-0.2, -0.15) is 12.6 Å². The Balaban J connectivity index is 2.02. The molecule has 0 amide bonds. The van der Waals surface area contributed by atoms with Crippen molar-refractivity contribution >= 4 is 18.9 Å². The number of carbonyl (C=O) groups excluding carboxylic acids is 1. The van der Waals surface area contributed by atoms with Crippen LogP contribution < -0.4 is 0 Å². The fourth-order valence-corrected chi connectivity index (χ4v) is 4.42. The van der Waals surface area contributed by atoms with Crippen LogP contribution in [0.25, 0.3) is 0 Å². The van der Waals surface area contributed by atoms with Crippen LogP contribution in [0.3, 0.4) is 0 Å². The van der Waals surface area contributed by atoms with Crippen LogP contribution in [0.4, 0.5) is 0 Å². The highest BCUT2D eigenvalue weighted by atomic mass is 32.1. The van der Waals surface area contributed by atoms with E-state index in [0.717, 1.165) is 12.9 Å². The maximum absolute atomic E-state index is 11.2. The first-order chi connectivity index (χ1) is 6.28. The smallest absolute Gasteiger partial charge is 0.129 e. The summed E-state index contributed by atoms with van der Waals surface area (Å²) in [5, 5.41) is 0.438. The molecule has 2 nitrogen and oxygen atoms in total. The first-order valence-electron chi connectivity index (χ1n) is 5.00. The summed E-state index contributed by atoms with van der Waals surface area (Å²) in [5.74, 6) is 1.71. The van der Waals surface area contributed by atoms with Crippen LogP contribution in [0.15, 0.2) is 0 Å². The van der Waals surface area contributed by atoms with Crippen molar-refractivity contribution in [3.8, 4) is 0 Å². The van der Waals surface area contributed by atoms with E-state index in [9.17, 15) is 4.79 Å². The van der Waals surface area contributed by atoms with Crippen LogP contribution >= 0.6 is 12.6 Å². The molecule has 3 rings (SSSR count). The normalized spacial score (nSPS) is 58.2. The molecular weight excluding hydrogens is 184 g/mol. The van der Waals surface area contributed by atoms with Crippen LogP contribution in [-0.4, -0.2) is 24.7 Å². The zero-order valence-corrected chi connectivity index (χ0v) is 8.37. The largest absolute Gasteiger partial charge is 0.380 e. The van der Waals surface area contributed by atoms with E-state index in [2.05, 4.69) is 12.6 Å². The Morgan fingerprint density at radius 2 is 2.23 bits per heavy atom. The quantitative estimate of drug-likeness (QED) is 0.505. The minimum atomic E-state index is -0.144. The number of thiol groups is 1. The maximum atomic E-state index is 11.2. The molecular formula is C10H14O2S. The van der Waals surface area contributed by atoms with E-state index in [-0.39, 0.29) is 5.41 Å². The number of hydrogen-bond donors (Lipinski definition) is 1. The second kappa shape index (κ2) is 2.51. The molecule has 72 valence electrons. The van der Waals surface area contributed by atoms with Crippen molar-refractivity contribution in [2.45, 2.75) is 18.1 Å². The van der Waals surface area contributed by atoms with Crippen molar-refractivity contribution in [3.63, 3.8) is 0 Å². The molecule has 0 aromatic carbocycles. The zero-order chi connectivity index (χ0) is 9.05. The van der Waals surface area contributed by atoms with Crippen molar-refractivity contribution in [1.29, 1.82) is 0 Å². The molecule has 2 bridgehead atoms. The third-order valence-electron chi connectivity index (χ3n) is 4.38. The summed E-state index contributed by atoms with van der Waals surface area (Å²) in [7, 11) is 0. The lowest BCUT2D eigenvalue weighted by Gasteiger charge is -2.35. The van der Waals surface area contributed by atoms with Gasteiger partial charge in [0.1, 0.15) is 6.29 Å². The molecule has 1 saturated heterocycles. The highest BCUT2D eigenvalue weighted by Gasteiger charge is 2.63. The molecule has 0 radical (unpaired) electrons. The number of carbonyl (C=O) groups is 1. The Morgan fingerprint density at radius 1 is 1.38 bits per heavy atom. The molecule has 3 fully saturated rings. The number of hydrogen-bond acceptors (Lipinski definition) is 3. The van der Waals surface area contributed by atoms with Gasteiger partial charge in [0.2, 0.25) is 0 Å². The van der Waals surface area contributed by atoms with Crippen LogP contribution in [0.5, 0.6) is 0 Å². The monoisotopic (exact) mass is 198 g/mol. The maximum Gasteiger partial charge on any atom is 0.129 e. The van der Waals surface area contributed by atoms with Gasteiger partial charge in [0, 0.05) is 5.25 Å². The number of ether oxygens (including phenoxy) is 1. The first kappa shape index (κ1) is 8.30. The Labute approximate surface area is 83.4 Å². The third kappa shape index (κ3) is 0.827. The SMILES string of the molecule is O=CC12COCC1C1CC(S)C2C1.